The monoisotopic (exact) mass is 548 g/mol. The summed E-state index contributed by atoms with van der Waals surface area (Å²) in [6.45, 7) is 7.63. The standard InChI is InChI=1S/C25H47F3O9/c1-2-3-4-5-6-7-8-9-30-10-11-31-12-13-32-14-15-33-16-17-34-18-19-35-20-21-36-22-23-37-24(29)25(26,27)28/h2-23H2,1H3. The van der Waals surface area contributed by atoms with Crippen LogP contribution in [-0.2, 0) is 42.7 Å². The molecule has 0 heterocycles. The summed E-state index contributed by atoms with van der Waals surface area (Å²) in [7, 11) is 0. The van der Waals surface area contributed by atoms with Crippen LogP contribution in [0.3, 0.4) is 0 Å². The van der Waals surface area contributed by atoms with Crippen LogP contribution < -0.4 is 0 Å². The summed E-state index contributed by atoms with van der Waals surface area (Å²) in [6, 6.07) is 0. The SMILES string of the molecule is CCCCCCCCCOCCOCCOCCOCCOCCOCCOCCOC(=O)C(F)(F)F. The van der Waals surface area contributed by atoms with E-state index in [1.165, 1.54) is 38.5 Å². The zero-order valence-corrected chi connectivity index (χ0v) is 22.4. The van der Waals surface area contributed by atoms with Gasteiger partial charge in [0.2, 0.25) is 0 Å². The average molecular weight is 549 g/mol. The minimum Gasteiger partial charge on any atom is -0.457 e. The van der Waals surface area contributed by atoms with Gasteiger partial charge in [0.05, 0.1) is 85.9 Å². The molecule has 0 saturated carbocycles. The normalized spacial score (nSPS) is 11.8. The molecule has 37 heavy (non-hydrogen) atoms. The van der Waals surface area contributed by atoms with E-state index in [0.29, 0.717) is 66.1 Å². The van der Waals surface area contributed by atoms with Gasteiger partial charge in [0, 0.05) is 6.61 Å². The number of unbranched alkanes of at least 4 members (excludes halogenated alkanes) is 6. The van der Waals surface area contributed by atoms with Gasteiger partial charge in [-0.05, 0) is 6.42 Å². The zero-order valence-electron chi connectivity index (χ0n) is 22.4. The van der Waals surface area contributed by atoms with E-state index >= 15 is 0 Å². The molecule has 0 aromatic heterocycles. The Balaban J connectivity index is 3.08. The van der Waals surface area contributed by atoms with Crippen LogP contribution in [0.4, 0.5) is 13.2 Å². The predicted molar refractivity (Wildman–Crippen MR) is 131 cm³/mol. The Morgan fingerprint density at radius 1 is 0.459 bits per heavy atom. The fourth-order valence-electron chi connectivity index (χ4n) is 2.86. The number of carbonyl (C=O) groups is 1. The Kier molecular flexibility index (Phi) is 27.2. The van der Waals surface area contributed by atoms with Gasteiger partial charge in [-0.15, -0.1) is 0 Å². The van der Waals surface area contributed by atoms with Crippen molar-refractivity contribution in [2.45, 2.75) is 58.0 Å². The minimum absolute atomic E-state index is 0.135. The van der Waals surface area contributed by atoms with Crippen molar-refractivity contribution in [1.82, 2.24) is 0 Å². The molecule has 0 aromatic carbocycles. The maximum atomic E-state index is 11.9. The highest BCUT2D eigenvalue weighted by Crippen LogP contribution is 2.16. The van der Waals surface area contributed by atoms with Gasteiger partial charge in [0.15, 0.2) is 0 Å². The number of esters is 1. The molecule has 0 unspecified atom stereocenters. The second-order valence-electron chi connectivity index (χ2n) is 8.04. The van der Waals surface area contributed by atoms with Crippen molar-refractivity contribution in [3.8, 4) is 0 Å². The molecule has 0 N–H and O–H groups in total. The van der Waals surface area contributed by atoms with E-state index in [4.69, 9.17) is 33.2 Å². The smallest absolute Gasteiger partial charge is 0.457 e. The first-order valence-corrected chi connectivity index (χ1v) is 13.3. The number of rotatable bonds is 29. The Morgan fingerprint density at radius 3 is 1.11 bits per heavy atom. The topological polar surface area (TPSA) is 90.9 Å². The van der Waals surface area contributed by atoms with Crippen LogP contribution in [0.1, 0.15) is 51.9 Å². The first-order chi connectivity index (χ1) is 18.0. The number of ether oxygens (including phenoxy) is 8. The molecule has 0 rings (SSSR count). The molecular formula is C25H47F3O9. The van der Waals surface area contributed by atoms with E-state index < -0.39 is 18.8 Å². The van der Waals surface area contributed by atoms with Crippen LogP contribution >= 0.6 is 0 Å². The second kappa shape index (κ2) is 28.0. The highest BCUT2D eigenvalue weighted by atomic mass is 19.4. The summed E-state index contributed by atoms with van der Waals surface area (Å²) < 4.78 is 77.1. The van der Waals surface area contributed by atoms with Crippen LogP contribution in [-0.4, -0.2) is 111 Å². The number of alkyl halides is 3. The Labute approximate surface area is 219 Å². The van der Waals surface area contributed by atoms with Crippen molar-refractivity contribution in [1.29, 1.82) is 0 Å². The van der Waals surface area contributed by atoms with Crippen LogP contribution in [0.2, 0.25) is 0 Å². The number of hydrogen-bond donors (Lipinski definition) is 0. The Bertz CT molecular complexity index is 483. The van der Waals surface area contributed by atoms with Crippen LogP contribution in [0.15, 0.2) is 0 Å². The van der Waals surface area contributed by atoms with Crippen molar-refractivity contribution in [3.63, 3.8) is 0 Å². The van der Waals surface area contributed by atoms with Gasteiger partial charge in [-0.2, -0.15) is 13.2 Å². The Morgan fingerprint density at radius 2 is 0.757 bits per heavy atom. The third kappa shape index (κ3) is 29.4. The minimum atomic E-state index is -4.99. The first-order valence-electron chi connectivity index (χ1n) is 13.3. The molecule has 0 saturated heterocycles. The largest absolute Gasteiger partial charge is 0.490 e. The fraction of sp³-hybridized carbons (Fsp3) is 0.960. The molecule has 0 radical (unpaired) electrons. The highest BCUT2D eigenvalue weighted by molar-refractivity contribution is 5.75. The number of halogens is 3. The molecular weight excluding hydrogens is 501 g/mol. The predicted octanol–water partition coefficient (Wildman–Crippen LogP) is 3.96. The maximum Gasteiger partial charge on any atom is 0.490 e. The van der Waals surface area contributed by atoms with Crippen LogP contribution in [0.5, 0.6) is 0 Å². The lowest BCUT2D eigenvalue weighted by molar-refractivity contribution is -0.200. The third-order valence-corrected chi connectivity index (χ3v) is 4.82. The molecule has 9 nitrogen and oxygen atoms in total. The van der Waals surface area contributed by atoms with E-state index in [-0.39, 0.29) is 19.8 Å². The van der Waals surface area contributed by atoms with Gasteiger partial charge >= 0.3 is 12.1 Å². The summed E-state index contributed by atoms with van der Waals surface area (Å²) in [5, 5.41) is 0. The summed E-state index contributed by atoms with van der Waals surface area (Å²) in [6.07, 6.45) is 3.97. The molecule has 0 amide bonds. The second-order valence-corrected chi connectivity index (χ2v) is 8.04. The van der Waals surface area contributed by atoms with Crippen LogP contribution in [0, 0.1) is 0 Å². The van der Waals surface area contributed by atoms with Gasteiger partial charge in [-0.25, -0.2) is 4.79 Å². The summed E-state index contributed by atoms with van der Waals surface area (Å²) in [5.41, 5.74) is 0. The fourth-order valence-corrected chi connectivity index (χ4v) is 2.86. The summed E-state index contributed by atoms with van der Waals surface area (Å²) >= 11 is 0. The van der Waals surface area contributed by atoms with Crippen molar-refractivity contribution >= 4 is 5.97 Å². The lowest BCUT2D eigenvalue weighted by atomic mass is 10.1. The van der Waals surface area contributed by atoms with E-state index in [2.05, 4.69) is 11.7 Å². The molecule has 0 aromatic rings. The molecule has 0 atom stereocenters. The molecule has 0 fully saturated rings. The van der Waals surface area contributed by atoms with Crippen LogP contribution in [0.25, 0.3) is 0 Å². The quantitative estimate of drug-likeness (QED) is 0.102. The van der Waals surface area contributed by atoms with Gasteiger partial charge in [0.1, 0.15) is 6.61 Å². The number of carbonyl (C=O) groups excluding carboxylic acids is 1. The highest BCUT2D eigenvalue weighted by Gasteiger charge is 2.40. The molecule has 0 aliphatic heterocycles. The first kappa shape index (κ1) is 36.0. The van der Waals surface area contributed by atoms with E-state index in [1.54, 1.807) is 0 Å². The van der Waals surface area contributed by atoms with Gasteiger partial charge < -0.3 is 37.9 Å². The molecule has 0 aliphatic carbocycles. The third-order valence-electron chi connectivity index (χ3n) is 4.82. The lowest BCUT2D eigenvalue weighted by Crippen LogP contribution is -2.26. The van der Waals surface area contributed by atoms with E-state index in [9.17, 15) is 18.0 Å². The lowest BCUT2D eigenvalue weighted by Gasteiger charge is -2.09. The van der Waals surface area contributed by atoms with Gasteiger partial charge in [0.25, 0.3) is 0 Å². The molecule has 0 aliphatic rings. The molecule has 12 heteroatoms. The zero-order chi connectivity index (χ0) is 27.3. The van der Waals surface area contributed by atoms with Crippen molar-refractivity contribution < 1.29 is 55.9 Å². The molecule has 0 bridgehead atoms. The maximum absolute atomic E-state index is 11.9. The molecule has 0 spiro atoms. The summed E-state index contributed by atoms with van der Waals surface area (Å²) in [4.78, 5) is 10.5. The van der Waals surface area contributed by atoms with Crippen molar-refractivity contribution in [2.75, 3.05) is 99.1 Å². The number of hydrogen-bond acceptors (Lipinski definition) is 9. The van der Waals surface area contributed by atoms with E-state index in [1.807, 2.05) is 0 Å². The van der Waals surface area contributed by atoms with Gasteiger partial charge in [-0.3, -0.25) is 0 Å². The average Bonchev–Trinajstić information content (AvgIpc) is 2.87. The van der Waals surface area contributed by atoms with Crippen molar-refractivity contribution in [2.24, 2.45) is 0 Å². The summed E-state index contributed by atoms with van der Waals surface area (Å²) in [5.74, 6) is -2.23. The molecule has 222 valence electrons. The Hall–Kier alpha value is -1.02. The van der Waals surface area contributed by atoms with Crippen molar-refractivity contribution in [3.05, 3.63) is 0 Å². The van der Waals surface area contributed by atoms with Gasteiger partial charge in [-0.1, -0.05) is 45.4 Å². The van der Waals surface area contributed by atoms with E-state index in [0.717, 1.165) is 13.0 Å².